The van der Waals surface area contributed by atoms with Crippen molar-refractivity contribution >= 4 is 0 Å². The average Bonchev–Trinajstić information content (AvgIpc) is 2.84. The summed E-state index contributed by atoms with van der Waals surface area (Å²) in [5.74, 6) is 0.410. The van der Waals surface area contributed by atoms with Gasteiger partial charge in [0.15, 0.2) is 0 Å². The van der Waals surface area contributed by atoms with Crippen molar-refractivity contribution in [3.8, 4) is 0 Å². The molecule has 84 valence electrons. The van der Waals surface area contributed by atoms with Crippen molar-refractivity contribution in [3.63, 3.8) is 0 Å². The Labute approximate surface area is 94.8 Å². The summed E-state index contributed by atoms with van der Waals surface area (Å²) in [5, 5.41) is 9.73. The standard InChI is InChI=1S/C13H15NO2/c15-12(13-14-9-10-16-13)8-4-7-11-5-2-1-3-6-11/h1-3,5-6,9-10,12,15H,4,7-8H2. The molecule has 1 aromatic carbocycles. The van der Waals surface area contributed by atoms with Gasteiger partial charge < -0.3 is 9.52 Å². The topological polar surface area (TPSA) is 46.3 Å². The number of benzene rings is 1. The third kappa shape index (κ3) is 2.94. The number of hydrogen-bond donors (Lipinski definition) is 1. The lowest BCUT2D eigenvalue weighted by molar-refractivity contribution is 0.132. The fraction of sp³-hybridized carbons (Fsp3) is 0.308. The maximum absolute atomic E-state index is 9.73. The molecule has 0 spiro atoms. The normalized spacial score (nSPS) is 12.6. The van der Waals surface area contributed by atoms with Gasteiger partial charge in [-0.05, 0) is 24.8 Å². The number of aryl methyl sites for hydroxylation is 1. The molecule has 16 heavy (non-hydrogen) atoms. The van der Waals surface area contributed by atoms with E-state index in [0.717, 1.165) is 12.8 Å². The van der Waals surface area contributed by atoms with Crippen LogP contribution < -0.4 is 0 Å². The number of aromatic nitrogens is 1. The largest absolute Gasteiger partial charge is 0.446 e. The Balaban J connectivity index is 1.76. The van der Waals surface area contributed by atoms with Crippen molar-refractivity contribution in [2.45, 2.75) is 25.4 Å². The van der Waals surface area contributed by atoms with Gasteiger partial charge in [0.25, 0.3) is 0 Å². The van der Waals surface area contributed by atoms with E-state index in [1.807, 2.05) is 18.2 Å². The van der Waals surface area contributed by atoms with Crippen molar-refractivity contribution in [2.24, 2.45) is 0 Å². The molecule has 0 fully saturated rings. The summed E-state index contributed by atoms with van der Waals surface area (Å²) < 4.78 is 5.04. The minimum absolute atomic E-state index is 0.410. The van der Waals surface area contributed by atoms with Crippen LogP contribution in [0.1, 0.15) is 30.4 Å². The highest BCUT2D eigenvalue weighted by molar-refractivity contribution is 5.14. The zero-order valence-corrected chi connectivity index (χ0v) is 9.04. The Hall–Kier alpha value is -1.61. The highest BCUT2D eigenvalue weighted by Gasteiger charge is 2.11. The molecule has 2 aromatic rings. The molecule has 1 atom stereocenters. The number of aliphatic hydroxyl groups excluding tert-OH is 1. The van der Waals surface area contributed by atoms with E-state index in [1.54, 1.807) is 6.20 Å². The second-order valence-electron chi connectivity index (χ2n) is 3.76. The molecule has 0 aliphatic heterocycles. The number of hydrogen-bond acceptors (Lipinski definition) is 3. The summed E-state index contributed by atoms with van der Waals surface area (Å²) in [6.45, 7) is 0. The first-order valence-corrected chi connectivity index (χ1v) is 5.47. The lowest BCUT2D eigenvalue weighted by Gasteiger charge is -2.06. The molecule has 0 bridgehead atoms. The highest BCUT2D eigenvalue weighted by atomic mass is 16.4. The first-order chi connectivity index (χ1) is 7.86. The quantitative estimate of drug-likeness (QED) is 0.837. The van der Waals surface area contributed by atoms with E-state index in [0.29, 0.717) is 12.3 Å². The van der Waals surface area contributed by atoms with E-state index in [4.69, 9.17) is 4.42 Å². The molecular formula is C13H15NO2. The van der Waals surface area contributed by atoms with Gasteiger partial charge in [0.05, 0.1) is 6.20 Å². The molecule has 1 heterocycles. The van der Waals surface area contributed by atoms with Gasteiger partial charge in [-0.1, -0.05) is 30.3 Å². The second-order valence-corrected chi connectivity index (χ2v) is 3.76. The monoisotopic (exact) mass is 217 g/mol. The van der Waals surface area contributed by atoms with Gasteiger partial charge in [-0.2, -0.15) is 0 Å². The van der Waals surface area contributed by atoms with Gasteiger partial charge in [0, 0.05) is 0 Å². The van der Waals surface area contributed by atoms with Crippen LogP contribution in [-0.2, 0) is 6.42 Å². The van der Waals surface area contributed by atoms with Crippen LogP contribution in [0, 0.1) is 0 Å². The zero-order chi connectivity index (χ0) is 11.2. The van der Waals surface area contributed by atoms with Gasteiger partial charge in [-0.25, -0.2) is 4.98 Å². The molecule has 0 saturated carbocycles. The predicted molar refractivity (Wildman–Crippen MR) is 60.8 cm³/mol. The van der Waals surface area contributed by atoms with Crippen molar-refractivity contribution in [1.29, 1.82) is 0 Å². The van der Waals surface area contributed by atoms with E-state index < -0.39 is 6.10 Å². The van der Waals surface area contributed by atoms with Crippen molar-refractivity contribution in [1.82, 2.24) is 4.98 Å². The fourth-order valence-electron chi connectivity index (χ4n) is 1.67. The van der Waals surface area contributed by atoms with Gasteiger partial charge in [0.2, 0.25) is 5.89 Å². The average molecular weight is 217 g/mol. The maximum Gasteiger partial charge on any atom is 0.222 e. The van der Waals surface area contributed by atoms with Crippen LogP contribution in [0.15, 0.2) is 47.2 Å². The van der Waals surface area contributed by atoms with Crippen molar-refractivity contribution < 1.29 is 9.52 Å². The van der Waals surface area contributed by atoms with Gasteiger partial charge >= 0.3 is 0 Å². The second kappa shape index (κ2) is 5.47. The molecule has 0 saturated heterocycles. The van der Waals surface area contributed by atoms with E-state index >= 15 is 0 Å². The summed E-state index contributed by atoms with van der Waals surface area (Å²) in [7, 11) is 0. The predicted octanol–water partition coefficient (Wildman–Crippen LogP) is 2.73. The molecule has 1 aromatic heterocycles. The first-order valence-electron chi connectivity index (χ1n) is 5.47. The SMILES string of the molecule is OC(CCCc1ccccc1)c1ncco1. The number of oxazole rings is 1. The molecule has 3 nitrogen and oxygen atoms in total. The van der Waals surface area contributed by atoms with Gasteiger partial charge in [0.1, 0.15) is 12.4 Å². The minimum Gasteiger partial charge on any atom is -0.446 e. The highest BCUT2D eigenvalue weighted by Crippen LogP contribution is 2.17. The van der Waals surface area contributed by atoms with Crippen LogP contribution in [0.2, 0.25) is 0 Å². The van der Waals surface area contributed by atoms with E-state index in [2.05, 4.69) is 17.1 Å². The molecular weight excluding hydrogens is 202 g/mol. The van der Waals surface area contributed by atoms with Crippen LogP contribution in [0.4, 0.5) is 0 Å². The third-order valence-electron chi connectivity index (χ3n) is 2.52. The van der Waals surface area contributed by atoms with E-state index in [-0.39, 0.29) is 0 Å². The van der Waals surface area contributed by atoms with Crippen LogP contribution in [-0.4, -0.2) is 10.1 Å². The molecule has 2 rings (SSSR count). The van der Waals surface area contributed by atoms with Crippen LogP contribution >= 0.6 is 0 Å². The van der Waals surface area contributed by atoms with Crippen LogP contribution in [0.5, 0.6) is 0 Å². The van der Waals surface area contributed by atoms with E-state index in [1.165, 1.54) is 11.8 Å². The Morgan fingerprint density at radius 3 is 2.75 bits per heavy atom. The summed E-state index contributed by atoms with van der Waals surface area (Å²) >= 11 is 0. The molecule has 0 radical (unpaired) electrons. The smallest absolute Gasteiger partial charge is 0.222 e. The fourth-order valence-corrected chi connectivity index (χ4v) is 1.67. The van der Waals surface area contributed by atoms with Crippen LogP contribution in [0.25, 0.3) is 0 Å². The summed E-state index contributed by atoms with van der Waals surface area (Å²) in [6.07, 6.45) is 5.02. The number of aliphatic hydroxyl groups is 1. The Bertz CT molecular complexity index is 397. The number of rotatable bonds is 5. The molecule has 1 unspecified atom stereocenters. The minimum atomic E-state index is -0.585. The lowest BCUT2D eigenvalue weighted by atomic mass is 10.1. The first kappa shape index (κ1) is 10.9. The summed E-state index contributed by atoms with van der Waals surface area (Å²) in [4.78, 5) is 3.93. The lowest BCUT2D eigenvalue weighted by Crippen LogP contribution is -1.98. The Morgan fingerprint density at radius 1 is 1.25 bits per heavy atom. The molecule has 3 heteroatoms. The van der Waals surface area contributed by atoms with Gasteiger partial charge in [-0.3, -0.25) is 0 Å². The maximum atomic E-state index is 9.73. The summed E-state index contributed by atoms with van der Waals surface area (Å²) in [6, 6.07) is 10.2. The number of nitrogens with zero attached hydrogens (tertiary/aromatic N) is 1. The van der Waals surface area contributed by atoms with Crippen molar-refractivity contribution in [3.05, 3.63) is 54.2 Å². The Kier molecular flexibility index (Phi) is 3.72. The van der Waals surface area contributed by atoms with E-state index in [9.17, 15) is 5.11 Å². The molecule has 0 amide bonds. The van der Waals surface area contributed by atoms with Crippen molar-refractivity contribution in [2.75, 3.05) is 0 Å². The van der Waals surface area contributed by atoms with Gasteiger partial charge in [-0.15, -0.1) is 0 Å². The van der Waals surface area contributed by atoms with Crippen LogP contribution in [0.3, 0.4) is 0 Å². The zero-order valence-electron chi connectivity index (χ0n) is 9.04. The molecule has 0 aliphatic rings. The third-order valence-corrected chi connectivity index (χ3v) is 2.52. The summed E-state index contributed by atoms with van der Waals surface area (Å²) in [5.41, 5.74) is 1.29. The molecule has 1 N–H and O–H groups in total. The molecule has 0 aliphatic carbocycles. The Morgan fingerprint density at radius 2 is 2.06 bits per heavy atom.